The number of hydrogen-bond acceptors (Lipinski definition) is 4. The smallest absolute Gasteiger partial charge is 0.358 e. The number of hydrogen-bond donors (Lipinski definition) is 1. The van der Waals surface area contributed by atoms with Crippen molar-refractivity contribution in [2.24, 2.45) is 0 Å². The van der Waals surface area contributed by atoms with Gasteiger partial charge in [0.2, 0.25) is 9.76 Å². The minimum atomic E-state index is -0.925. The van der Waals surface area contributed by atoms with Crippen molar-refractivity contribution in [1.82, 2.24) is 10.2 Å². The van der Waals surface area contributed by atoms with Gasteiger partial charge >= 0.3 is 5.97 Å². The highest BCUT2D eigenvalue weighted by atomic mass is 28.2. The molecule has 6 heteroatoms. The van der Waals surface area contributed by atoms with E-state index in [0.29, 0.717) is 12.3 Å². The topological polar surface area (TPSA) is 64.2 Å². The minimum Gasteiger partial charge on any atom is -0.461 e. The molecule has 0 bridgehead atoms. The zero-order valence-corrected chi connectivity index (χ0v) is 18.2. The molecule has 2 aromatic carbocycles. The Morgan fingerprint density at radius 1 is 1.00 bits per heavy atom. The van der Waals surface area contributed by atoms with Gasteiger partial charge in [0.25, 0.3) is 0 Å². The van der Waals surface area contributed by atoms with Crippen molar-refractivity contribution in [3.63, 3.8) is 0 Å². The second kappa shape index (κ2) is 8.76. The van der Waals surface area contributed by atoms with Gasteiger partial charge in [0.15, 0.2) is 5.69 Å². The number of aromatic amines is 1. The number of ether oxygens (including phenoxy) is 1. The van der Waals surface area contributed by atoms with Gasteiger partial charge in [0, 0.05) is 0 Å². The normalized spacial score (nSPS) is 12.0. The summed E-state index contributed by atoms with van der Waals surface area (Å²) in [6.07, 6.45) is 0. The Kier molecular flexibility index (Phi) is 6.35. The van der Waals surface area contributed by atoms with Crippen LogP contribution in [0.15, 0.2) is 66.7 Å². The third kappa shape index (κ3) is 4.66. The highest BCUT2D eigenvalue weighted by molar-refractivity contribution is 6.32. The molecule has 0 saturated carbocycles. The van der Waals surface area contributed by atoms with Crippen molar-refractivity contribution in [1.29, 1.82) is 0 Å². The van der Waals surface area contributed by atoms with Crippen molar-refractivity contribution >= 4 is 15.7 Å². The first kappa shape index (κ1) is 21.0. The summed E-state index contributed by atoms with van der Waals surface area (Å²) in [7, 11) is 0.210. The number of carbonyl (C=O) groups excluding carboxylic acids is 1. The predicted molar refractivity (Wildman–Crippen MR) is 114 cm³/mol. The minimum absolute atomic E-state index is 0.0290. The molecule has 0 fully saturated rings. The van der Waals surface area contributed by atoms with Crippen LogP contribution in [0.2, 0.25) is 5.04 Å². The fraction of sp³-hybridized carbons (Fsp3) is 0.304. The molecule has 3 rings (SSSR count). The highest BCUT2D eigenvalue weighted by Crippen LogP contribution is 2.41. The lowest BCUT2D eigenvalue weighted by Gasteiger charge is -2.36. The van der Waals surface area contributed by atoms with Gasteiger partial charge in [0.05, 0.1) is 12.3 Å². The number of nitrogens with zero attached hydrogens (tertiary/aromatic N) is 1. The molecule has 0 spiro atoms. The fourth-order valence-electron chi connectivity index (χ4n) is 3.04. The van der Waals surface area contributed by atoms with Crippen LogP contribution >= 0.6 is 0 Å². The molecule has 3 aromatic rings. The first-order valence-corrected chi connectivity index (χ1v) is 10.6. The molecule has 5 nitrogen and oxygen atoms in total. The SMILES string of the molecule is CCOC(=O)c1cc(C(O[Si]C(C)(C)C)(c2ccccc2)c2ccccc2)[nH]n1. The number of rotatable bonds is 7. The maximum atomic E-state index is 12.2. The first-order chi connectivity index (χ1) is 13.9. The third-order valence-electron chi connectivity index (χ3n) is 4.31. The number of H-pyrrole nitrogens is 1. The van der Waals surface area contributed by atoms with Gasteiger partial charge in [0.1, 0.15) is 5.60 Å². The van der Waals surface area contributed by atoms with Gasteiger partial charge < -0.3 is 9.16 Å². The predicted octanol–water partition coefficient (Wildman–Crippen LogP) is 4.73. The largest absolute Gasteiger partial charge is 0.461 e. The quantitative estimate of drug-likeness (QED) is 0.455. The Morgan fingerprint density at radius 3 is 2.03 bits per heavy atom. The molecule has 2 radical (unpaired) electrons. The van der Waals surface area contributed by atoms with E-state index in [0.717, 1.165) is 11.1 Å². The molecule has 1 aromatic heterocycles. The molecule has 0 unspecified atom stereocenters. The number of benzene rings is 2. The van der Waals surface area contributed by atoms with Crippen LogP contribution < -0.4 is 0 Å². The first-order valence-electron chi connectivity index (χ1n) is 9.66. The van der Waals surface area contributed by atoms with E-state index in [1.165, 1.54) is 0 Å². The summed E-state index contributed by atoms with van der Waals surface area (Å²) in [6, 6.07) is 21.7. The Bertz CT molecular complexity index is 894. The molecule has 1 N–H and O–H groups in total. The van der Waals surface area contributed by atoms with Gasteiger partial charge in [-0.1, -0.05) is 81.4 Å². The fourth-order valence-corrected chi connectivity index (χ4v) is 3.84. The maximum Gasteiger partial charge on any atom is 0.358 e. The maximum absolute atomic E-state index is 12.2. The second-order valence-electron chi connectivity index (χ2n) is 7.75. The summed E-state index contributed by atoms with van der Waals surface area (Å²) in [4.78, 5) is 12.2. The van der Waals surface area contributed by atoms with Crippen LogP contribution in [0.5, 0.6) is 0 Å². The van der Waals surface area contributed by atoms with E-state index in [1.807, 2.05) is 60.7 Å². The Balaban J connectivity index is 2.20. The van der Waals surface area contributed by atoms with E-state index in [1.54, 1.807) is 13.0 Å². The van der Waals surface area contributed by atoms with Crippen molar-refractivity contribution in [2.75, 3.05) is 6.61 Å². The van der Waals surface area contributed by atoms with E-state index in [9.17, 15) is 4.79 Å². The van der Waals surface area contributed by atoms with Gasteiger partial charge in [-0.05, 0) is 29.2 Å². The lowest BCUT2D eigenvalue weighted by atomic mass is 9.83. The van der Waals surface area contributed by atoms with E-state index < -0.39 is 11.6 Å². The Morgan fingerprint density at radius 2 is 1.55 bits per heavy atom. The average molecular weight is 407 g/mol. The molecule has 29 heavy (non-hydrogen) atoms. The van der Waals surface area contributed by atoms with Crippen LogP contribution in [-0.4, -0.2) is 32.5 Å². The number of aromatic nitrogens is 2. The molecule has 0 amide bonds. The van der Waals surface area contributed by atoms with Gasteiger partial charge in [-0.25, -0.2) is 4.79 Å². The van der Waals surface area contributed by atoms with Crippen molar-refractivity contribution in [3.05, 3.63) is 89.2 Å². The summed E-state index contributed by atoms with van der Waals surface area (Å²) in [6.45, 7) is 8.50. The van der Waals surface area contributed by atoms with Crippen LogP contribution in [0.3, 0.4) is 0 Å². The Hall–Kier alpha value is -2.70. The Labute approximate surface area is 174 Å². The monoisotopic (exact) mass is 406 g/mol. The average Bonchev–Trinajstić information content (AvgIpc) is 3.20. The van der Waals surface area contributed by atoms with E-state index in [2.05, 4.69) is 31.0 Å². The highest BCUT2D eigenvalue weighted by Gasteiger charge is 2.41. The number of esters is 1. The molecule has 0 aliphatic rings. The molecule has 0 saturated heterocycles. The number of nitrogens with one attached hydrogen (secondary N) is 1. The van der Waals surface area contributed by atoms with Crippen LogP contribution in [0.25, 0.3) is 0 Å². The van der Waals surface area contributed by atoms with Gasteiger partial charge in [-0.3, -0.25) is 5.10 Å². The van der Waals surface area contributed by atoms with Crippen LogP contribution in [0, 0.1) is 0 Å². The molecular formula is C23H26N2O3Si. The third-order valence-corrected chi connectivity index (χ3v) is 5.33. The number of carbonyl (C=O) groups is 1. The second-order valence-corrected chi connectivity index (χ2v) is 9.66. The summed E-state index contributed by atoms with van der Waals surface area (Å²) >= 11 is 0. The summed E-state index contributed by atoms with van der Waals surface area (Å²) in [5, 5.41) is 7.24. The molecule has 0 atom stereocenters. The standard InChI is InChI=1S/C23H26N2O3Si/c1-5-27-21(26)19-16-20(25-24-19)23(28-29-22(2,3)4,17-12-8-6-9-13-17)18-14-10-7-11-15-18/h6-16H,5H2,1-4H3,(H,24,25). The molecule has 0 aliphatic heterocycles. The molecule has 150 valence electrons. The van der Waals surface area contributed by atoms with Crippen molar-refractivity contribution in [3.8, 4) is 0 Å². The summed E-state index contributed by atoms with van der Waals surface area (Å²) in [5.74, 6) is -0.455. The molecule has 1 heterocycles. The van der Waals surface area contributed by atoms with E-state index in [-0.39, 0.29) is 20.5 Å². The van der Waals surface area contributed by atoms with Crippen LogP contribution in [-0.2, 0) is 14.8 Å². The molecular weight excluding hydrogens is 380 g/mol. The van der Waals surface area contributed by atoms with Crippen molar-refractivity contribution in [2.45, 2.75) is 38.3 Å². The van der Waals surface area contributed by atoms with Crippen LogP contribution in [0.1, 0.15) is 55.0 Å². The van der Waals surface area contributed by atoms with E-state index >= 15 is 0 Å². The van der Waals surface area contributed by atoms with Crippen LogP contribution in [0.4, 0.5) is 0 Å². The zero-order valence-electron chi connectivity index (χ0n) is 17.2. The van der Waals surface area contributed by atoms with Gasteiger partial charge in [-0.2, -0.15) is 5.10 Å². The lowest BCUT2D eigenvalue weighted by molar-refractivity contribution is 0.0519. The van der Waals surface area contributed by atoms with Crippen molar-refractivity contribution < 1.29 is 14.0 Å². The summed E-state index contributed by atoms with van der Waals surface area (Å²) < 4.78 is 11.8. The molecule has 0 aliphatic carbocycles. The zero-order chi connectivity index (χ0) is 20.9. The summed E-state index contributed by atoms with van der Waals surface area (Å²) in [5.41, 5.74) is 1.92. The van der Waals surface area contributed by atoms with E-state index in [4.69, 9.17) is 9.16 Å². The van der Waals surface area contributed by atoms with Gasteiger partial charge in [-0.15, -0.1) is 0 Å². The lowest BCUT2D eigenvalue weighted by Crippen LogP contribution is -2.36.